The molecule has 0 bridgehead atoms. The first-order chi connectivity index (χ1) is 10.0. The molecule has 0 fully saturated rings. The molecule has 104 valence electrons. The second-order valence-electron chi connectivity index (χ2n) is 3.97. The molecule has 0 radical (unpaired) electrons. The Labute approximate surface area is 118 Å². The Hall–Kier alpha value is -3.27. The topological polar surface area (TPSA) is 103 Å². The smallest absolute Gasteiger partial charge is 0.338 e. The van der Waals surface area contributed by atoms with Gasteiger partial charge in [0.1, 0.15) is 11.5 Å². The van der Waals surface area contributed by atoms with E-state index in [1.165, 1.54) is 30.5 Å². The minimum Gasteiger partial charge on any atom is -0.478 e. The second-order valence-corrected chi connectivity index (χ2v) is 3.97. The number of aromatic carboxylic acids is 1. The van der Waals surface area contributed by atoms with Gasteiger partial charge >= 0.3 is 5.97 Å². The number of carboxylic acids is 1. The first kappa shape index (κ1) is 14.1. The number of benzene rings is 1. The lowest BCUT2D eigenvalue weighted by molar-refractivity contribution is 0.0691. The van der Waals surface area contributed by atoms with Crippen molar-refractivity contribution in [1.82, 2.24) is 4.98 Å². The van der Waals surface area contributed by atoms with E-state index in [0.29, 0.717) is 0 Å². The summed E-state index contributed by atoms with van der Waals surface area (Å²) in [6.45, 7) is 0. The summed E-state index contributed by atoms with van der Waals surface area (Å²) in [5, 5.41) is 19.8. The number of anilines is 1. The number of carboxylic acid groups (broad SMARTS) is 1. The van der Waals surface area contributed by atoms with Crippen molar-refractivity contribution in [1.29, 1.82) is 5.26 Å². The van der Waals surface area contributed by atoms with Crippen LogP contribution in [-0.2, 0) is 0 Å². The Bertz CT molecular complexity index is 768. The van der Waals surface area contributed by atoms with Crippen LogP contribution in [0.2, 0.25) is 0 Å². The van der Waals surface area contributed by atoms with E-state index >= 15 is 0 Å². The third-order valence-electron chi connectivity index (χ3n) is 2.60. The zero-order chi connectivity index (χ0) is 15.4. The maximum absolute atomic E-state index is 13.7. The van der Waals surface area contributed by atoms with Crippen LogP contribution < -0.4 is 5.32 Å². The van der Waals surface area contributed by atoms with Gasteiger partial charge in [-0.1, -0.05) is 0 Å². The molecule has 2 rings (SSSR count). The number of amides is 1. The summed E-state index contributed by atoms with van der Waals surface area (Å²) in [4.78, 5) is 26.7. The zero-order valence-electron chi connectivity index (χ0n) is 10.5. The molecule has 1 heterocycles. The van der Waals surface area contributed by atoms with Gasteiger partial charge in [0.05, 0.1) is 22.9 Å². The van der Waals surface area contributed by atoms with Crippen molar-refractivity contribution in [3.8, 4) is 6.07 Å². The van der Waals surface area contributed by atoms with Crippen molar-refractivity contribution in [3.63, 3.8) is 0 Å². The Morgan fingerprint density at radius 3 is 2.71 bits per heavy atom. The highest BCUT2D eigenvalue weighted by Crippen LogP contribution is 2.17. The Balaban J connectivity index is 2.31. The predicted molar refractivity (Wildman–Crippen MR) is 70.3 cm³/mol. The van der Waals surface area contributed by atoms with E-state index in [4.69, 9.17) is 10.4 Å². The van der Waals surface area contributed by atoms with E-state index in [1.54, 1.807) is 6.07 Å². The van der Waals surface area contributed by atoms with E-state index in [1.807, 2.05) is 0 Å². The van der Waals surface area contributed by atoms with Gasteiger partial charge < -0.3 is 10.4 Å². The summed E-state index contributed by atoms with van der Waals surface area (Å²) in [6, 6.07) is 7.87. The highest BCUT2D eigenvalue weighted by atomic mass is 19.1. The van der Waals surface area contributed by atoms with Crippen LogP contribution in [0, 0.1) is 17.1 Å². The minimum atomic E-state index is -1.31. The van der Waals surface area contributed by atoms with Gasteiger partial charge in [-0.15, -0.1) is 0 Å². The van der Waals surface area contributed by atoms with Gasteiger partial charge in [0.2, 0.25) is 0 Å². The molecule has 0 atom stereocenters. The summed E-state index contributed by atoms with van der Waals surface area (Å²) in [5.41, 5.74) is -0.673. The average Bonchev–Trinajstić information content (AvgIpc) is 2.49. The summed E-state index contributed by atoms with van der Waals surface area (Å²) >= 11 is 0. The summed E-state index contributed by atoms with van der Waals surface area (Å²) in [7, 11) is 0. The molecule has 1 aromatic heterocycles. The van der Waals surface area contributed by atoms with Crippen molar-refractivity contribution in [2.45, 2.75) is 0 Å². The first-order valence-electron chi connectivity index (χ1n) is 5.72. The Morgan fingerprint density at radius 1 is 1.33 bits per heavy atom. The molecule has 0 saturated heterocycles. The minimum absolute atomic E-state index is 0.106. The summed E-state index contributed by atoms with van der Waals surface area (Å²) < 4.78 is 13.7. The van der Waals surface area contributed by atoms with E-state index < -0.39 is 17.7 Å². The van der Waals surface area contributed by atoms with Crippen LogP contribution >= 0.6 is 0 Å². The molecule has 1 aromatic carbocycles. The first-order valence-corrected chi connectivity index (χ1v) is 5.72. The molecule has 6 nitrogen and oxygen atoms in total. The van der Waals surface area contributed by atoms with Crippen molar-refractivity contribution in [2.24, 2.45) is 0 Å². The van der Waals surface area contributed by atoms with Crippen molar-refractivity contribution >= 4 is 17.6 Å². The van der Waals surface area contributed by atoms with Crippen LogP contribution in [0.15, 0.2) is 36.5 Å². The molecule has 0 aliphatic heterocycles. The monoisotopic (exact) mass is 285 g/mol. The molecule has 0 saturated carbocycles. The zero-order valence-corrected chi connectivity index (χ0v) is 10.5. The standard InChI is InChI=1S/C14H8FN3O3/c15-10-6-8(7-16)3-4-11(10)18-13(19)12-9(14(20)21)2-1-5-17-12/h1-6H,(H,18,19)(H,20,21). The molecule has 2 aromatic rings. The lowest BCUT2D eigenvalue weighted by Crippen LogP contribution is -2.18. The van der Waals surface area contributed by atoms with E-state index in [2.05, 4.69) is 10.3 Å². The number of hydrogen-bond acceptors (Lipinski definition) is 4. The molecule has 0 aliphatic rings. The Morgan fingerprint density at radius 2 is 2.10 bits per heavy atom. The SMILES string of the molecule is N#Cc1ccc(NC(=O)c2ncccc2C(=O)O)c(F)c1. The average molecular weight is 285 g/mol. The third-order valence-corrected chi connectivity index (χ3v) is 2.60. The summed E-state index contributed by atoms with van der Waals surface area (Å²) in [5.74, 6) is -2.96. The normalized spacial score (nSPS) is 9.71. The summed E-state index contributed by atoms with van der Waals surface area (Å²) in [6.07, 6.45) is 1.26. The number of carbonyl (C=O) groups excluding carboxylic acids is 1. The maximum Gasteiger partial charge on any atom is 0.338 e. The van der Waals surface area contributed by atoms with E-state index in [0.717, 1.165) is 6.07 Å². The predicted octanol–water partition coefficient (Wildman–Crippen LogP) is 2.04. The molecule has 0 spiro atoms. The van der Waals surface area contributed by atoms with Gasteiger partial charge in [-0.2, -0.15) is 5.26 Å². The molecular weight excluding hydrogens is 277 g/mol. The van der Waals surface area contributed by atoms with Crippen molar-refractivity contribution < 1.29 is 19.1 Å². The van der Waals surface area contributed by atoms with Crippen LogP contribution in [0.4, 0.5) is 10.1 Å². The molecular formula is C14H8FN3O3. The molecule has 1 amide bonds. The largest absolute Gasteiger partial charge is 0.478 e. The van der Waals surface area contributed by atoms with Gasteiger partial charge in [-0.05, 0) is 30.3 Å². The number of aromatic nitrogens is 1. The molecule has 21 heavy (non-hydrogen) atoms. The number of hydrogen-bond donors (Lipinski definition) is 2. The molecule has 7 heteroatoms. The van der Waals surface area contributed by atoms with Gasteiger partial charge in [0.15, 0.2) is 0 Å². The molecule has 0 aliphatic carbocycles. The van der Waals surface area contributed by atoms with Gasteiger partial charge in [-0.3, -0.25) is 9.78 Å². The second kappa shape index (κ2) is 5.79. The van der Waals surface area contributed by atoms with Crippen LogP contribution in [0.5, 0.6) is 0 Å². The van der Waals surface area contributed by atoms with E-state index in [9.17, 15) is 14.0 Å². The lowest BCUT2D eigenvalue weighted by atomic mass is 10.1. The maximum atomic E-state index is 13.7. The van der Waals surface area contributed by atoms with Crippen LogP contribution in [0.25, 0.3) is 0 Å². The van der Waals surface area contributed by atoms with Crippen LogP contribution in [-0.4, -0.2) is 22.0 Å². The number of nitrogens with one attached hydrogen (secondary N) is 1. The molecule has 0 unspecified atom stereocenters. The molecule has 2 N–H and O–H groups in total. The highest BCUT2D eigenvalue weighted by molar-refractivity contribution is 6.09. The van der Waals surface area contributed by atoms with Crippen molar-refractivity contribution in [3.05, 3.63) is 59.2 Å². The van der Waals surface area contributed by atoms with Gasteiger partial charge in [0.25, 0.3) is 5.91 Å². The van der Waals surface area contributed by atoms with Crippen LogP contribution in [0.1, 0.15) is 26.4 Å². The number of carbonyl (C=O) groups is 2. The van der Waals surface area contributed by atoms with Crippen LogP contribution in [0.3, 0.4) is 0 Å². The third kappa shape index (κ3) is 3.01. The lowest BCUT2D eigenvalue weighted by Gasteiger charge is -2.07. The quantitative estimate of drug-likeness (QED) is 0.898. The number of pyridine rings is 1. The number of nitriles is 1. The van der Waals surface area contributed by atoms with E-state index in [-0.39, 0.29) is 22.5 Å². The van der Waals surface area contributed by atoms with Crippen molar-refractivity contribution in [2.75, 3.05) is 5.32 Å². The number of rotatable bonds is 3. The fraction of sp³-hybridized carbons (Fsp3) is 0. The van der Waals surface area contributed by atoms with Gasteiger partial charge in [0, 0.05) is 6.20 Å². The highest BCUT2D eigenvalue weighted by Gasteiger charge is 2.18. The fourth-order valence-corrected chi connectivity index (χ4v) is 1.63. The van der Waals surface area contributed by atoms with Gasteiger partial charge in [-0.25, -0.2) is 9.18 Å². The fourth-order valence-electron chi connectivity index (χ4n) is 1.63. The number of nitrogens with zero attached hydrogens (tertiary/aromatic N) is 2. The number of halogens is 1. The Kier molecular flexibility index (Phi) is 3.90.